The number of nitrogens with zero attached hydrogens (tertiary/aromatic N) is 6. The molecule has 0 spiro atoms. The third kappa shape index (κ3) is 2.42. The van der Waals surface area contributed by atoms with Crippen LogP contribution in [0.4, 0.5) is 0 Å². The first-order chi connectivity index (χ1) is 11.7. The molecule has 0 saturated heterocycles. The summed E-state index contributed by atoms with van der Waals surface area (Å²) < 4.78 is 1.86. The van der Waals surface area contributed by atoms with Gasteiger partial charge in [0.15, 0.2) is 0 Å². The Morgan fingerprint density at radius 1 is 1.04 bits per heavy atom. The number of aromatic nitrogens is 6. The molecule has 0 radical (unpaired) electrons. The zero-order valence-electron chi connectivity index (χ0n) is 13.5. The van der Waals surface area contributed by atoms with Gasteiger partial charge in [-0.15, -0.1) is 5.10 Å². The van der Waals surface area contributed by atoms with Gasteiger partial charge in [0.05, 0.1) is 17.9 Å². The summed E-state index contributed by atoms with van der Waals surface area (Å²) in [6.45, 7) is 4.03. The van der Waals surface area contributed by atoms with Crippen molar-refractivity contribution in [1.29, 1.82) is 0 Å². The monoisotopic (exact) mass is 316 g/mol. The first-order valence-corrected chi connectivity index (χ1v) is 7.76. The van der Waals surface area contributed by atoms with E-state index in [4.69, 9.17) is 0 Å². The molecule has 6 nitrogen and oxygen atoms in total. The average Bonchev–Trinajstić information content (AvgIpc) is 3.11. The normalized spacial score (nSPS) is 12.4. The smallest absolute Gasteiger partial charge is 0.133 e. The second-order valence-electron chi connectivity index (χ2n) is 5.69. The predicted octanol–water partition coefficient (Wildman–Crippen LogP) is 3.20. The molecule has 4 rings (SSSR count). The van der Waals surface area contributed by atoms with Gasteiger partial charge in [0.2, 0.25) is 0 Å². The molecule has 0 saturated carbocycles. The van der Waals surface area contributed by atoms with E-state index >= 15 is 0 Å². The maximum absolute atomic E-state index is 4.36. The van der Waals surface area contributed by atoms with Gasteiger partial charge in [-0.25, -0.2) is 4.68 Å². The molecule has 24 heavy (non-hydrogen) atoms. The largest absolute Gasteiger partial charge is 0.264 e. The molecular formula is C18H16N6. The first kappa shape index (κ1) is 14.4. The van der Waals surface area contributed by atoms with Crippen molar-refractivity contribution in [2.45, 2.75) is 19.9 Å². The van der Waals surface area contributed by atoms with Crippen LogP contribution in [-0.2, 0) is 0 Å². The fraction of sp³-hybridized carbons (Fsp3) is 0.167. The summed E-state index contributed by atoms with van der Waals surface area (Å²) in [6.07, 6.45) is 8.95. The summed E-state index contributed by atoms with van der Waals surface area (Å²) in [5.41, 5.74) is 3.52. The molecule has 3 heterocycles. The molecular weight excluding hydrogens is 300 g/mol. The number of pyridine rings is 1. The summed E-state index contributed by atoms with van der Waals surface area (Å²) in [7, 11) is 0. The van der Waals surface area contributed by atoms with Crippen LogP contribution in [0.1, 0.15) is 24.2 Å². The molecule has 0 bridgehead atoms. The summed E-state index contributed by atoms with van der Waals surface area (Å²) in [5.74, 6) is 0. The summed E-state index contributed by atoms with van der Waals surface area (Å²) in [5, 5.41) is 10.9. The summed E-state index contributed by atoms with van der Waals surface area (Å²) in [6, 6.07) is 8.30. The highest BCUT2D eigenvalue weighted by molar-refractivity contribution is 5.85. The van der Waals surface area contributed by atoms with E-state index < -0.39 is 0 Å². The number of fused-ring (bicyclic) bond motifs is 1. The standard InChI is InChI=1S/C18H16N6/c1-12-18(21-9-8-20-12)17-11-24(23-22-17)13(2)15-5-3-4-14-10-19-7-6-16(14)15/h3-11,13H,1-2H3/t13-/m1/s1. The second-order valence-corrected chi connectivity index (χ2v) is 5.69. The lowest BCUT2D eigenvalue weighted by atomic mass is 10.0. The Morgan fingerprint density at radius 2 is 1.92 bits per heavy atom. The van der Waals surface area contributed by atoms with Crippen molar-refractivity contribution in [2.75, 3.05) is 0 Å². The third-order valence-corrected chi connectivity index (χ3v) is 4.20. The Labute approximate surface area is 139 Å². The van der Waals surface area contributed by atoms with Crippen LogP contribution in [0.25, 0.3) is 22.2 Å². The third-order valence-electron chi connectivity index (χ3n) is 4.20. The number of hydrogen-bond acceptors (Lipinski definition) is 5. The molecule has 6 heteroatoms. The Balaban J connectivity index is 1.75. The minimum Gasteiger partial charge on any atom is -0.264 e. The van der Waals surface area contributed by atoms with E-state index in [1.54, 1.807) is 12.4 Å². The molecule has 0 amide bonds. The molecule has 0 fully saturated rings. The van der Waals surface area contributed by atoms with Crippen LogP contribution in [0, 0.1) is 6.92 Å². The van der Waals surface area contributed by atoms with Crippen LogP contribution in [0.15, 0.2) is 55.2 Å². The summed E-state index contributed by atoms with van der Waals surface area (Å²) >= 11 is 0. The maximum Gasteiger partial charge on any atom is 0.133 e. The zero-order chi connectivity index (χ0) is 16.5. The van der Waals surface area contributed by atoms with E-state index in [1.165, 1.54) is 10.9 Å². The number of rotatable bonds is 3. The van der Waals surface area contributed by atoms with Gasteiger partial charge >= 0.3 is 0 Å². The van der Waals surface area contributed by atoms with Gasteiger partial charge in [-0.3, -0.25) is 15.0 Å². The molecule has 3 aromatic heterocycles. The van der Waals surface area contributed by atoms with Crippen molar-refractivity contribution in [1.82, 2.24) is 29.9 Å². The van der Waals surface area contributed by atoms with Crippen LogP contribution < -0.4 is 0 Å². The van der Waals surface area contributed by atoms with E-state index in [1.807, 2.05) is 42.3 Å². The van der Waals surface area contributed by atoms with Crippen LogP contribution in [0.2, 0.25) is 0 Å². The Hall–Kier alpha value is -3.15. The number of aryl methyl sites for hydroxylation is 1. The van der Waals surface area contributed by atoms with Gasteiger partial charge in [-0.1, -0.05) is 23.4 Å². The Kier molecular flexibility index (Phi) is 3.49. The quantitative estimate of drug-likeness (QED) is 0.580. The fourth-order valence-corrected chi connectivity index (χ4v) is 2.89. The minimum absolute atomic E-state index is 0.0503. The van der Waals surface area contributed by atoms with Crippen molar-refractivity contribution >= 4 is 10.8 Å². The van der Waals surface area contributed by atoms with Crippen molar-refractivity contribution in [2.24, 2.45) is 0 Å². The first-order valence-electron chi connectivity index (χ1n) is 7.76. The molecule has 1 aromatic carbocycles. The molecule has 0 aliphatic carbocycles. The summed E-state index contributed by atoms with van der Waals surface area (Å²) in [4.78, 5) is 12.8. The van der Waals surface area contributed by atoms with Crippen molar-refractivity contribution in [3.8, 4) is 11.4 Å². The lowest BCUT2D eigenvalue weighted by Gasteiger charge is -2.14. The molecule has 0 aliphatic heterocycles. The van der Waals surface area contributed by atoms with Gasteiger partial charge < -0.3 is 0 Å². The van der Waals surface area contributed by atoms with Crippen molar-refractivity contribution < 1.29 is 0 Å². The van der Waals surface area contributed by atoms with Gasteiger partial charge in [0.1, 0.15) is 11.4 Å². The lowest BCUT2D eigenvalue weighted by Crippen LogP contribution is -2.08. The van der Waals surface area contributed by atoms with Gasteiger partial charge in [-0.2, -0.15) is 0 Å². The fourth-order valence-electron chi connectivity index (χ4n) is 2.89. The van der Waals surface area contributed by atoms with Crippen LogP contribution in [0.3, 0.4) is 0 Å². The second kappa shape index (κ2) is 5.81. The van der Waals surface area contributed by atoms with E-state index in [0.29, 0.717) is 0 Å². The maximum atomic E-state index is 4.36. The molecule has 0 aliphatic rings. The van der Waals surface area contributed by atoms with Crippen LogP contribution >= 0.6 is 0 Å². The van der Waals surface area contributed by atoms with E-state index in [-0.39, 0.29) is 6.04 Å². The van der Waals surface area contributed by atoms with E-state index in [0.717, 1.165) is 22.5 Å². The highest BCUT2D eigenvalue weighted by atomic mass is 15.4. The number of benzene rings is 1. The van der Waals surface area contributed by atoms with Crippen LogP contribution in [-0.4, -0.2) is 29.9 Å². The van der Waals surface area contributed by atoms with Crippen LogP contribution in [0.5, 0.6) is 0 Å². The molecule has 1 atom stereocenters. The molecule has 0 N–H and O–H groups in total. The number of hydrogen-bond donors (Lipinski definition) is 0. The molecule has 0 unspecified atom stereocenters. The van der Waals surface area contributed by atoms with Gasteiger partial charge in [0.25, 0.3) is 0 Å². The Bertz CT molecular complexity index is 1000. The van der Waals surface area contributed by atoms with E-state index in [2.05, 4.69) is 44.3 Å². The average molecular weight is 316 g/mol. The van der Waals surface area contributed by atoms with Gasteiger partial charge in [0, 0.05) is 30.2 Å². The zero-order valence-corrected chi connectivity index (χ0v) is 13.5. The minimum atomic E-state index is 0.0503. The van der Waals surface area contributed by atoms with E-state index in [9.17, 15) is 0 Å². The lowest BCUT2D eigenvalue weighted by molar-refractivity contribution is 0.546. The highest BCUT2D eigenvalue weighted by Gasteiger charge is 2.15. The predicted molar refractivity (Wildman–Crippen MR) is 91.3 cm³/mol. The molecule has 4 aromatic rings. The Morgan fingerprint density at radius 3 is 2.79 bits per heavy atom. The topological polar surface area (TPSA) is 69.4 Å². The SMILES string of the molecule is Cc1nccnc1-c1cn([C@H](C)c2cccc3cnccc23)nn1. The van der Waals surface area contributed by atoms with Crippen molar-refractivity contribution in [3.05, 3.63) is 66.5 Å². The van der Waals surface area contributed by atoms with Crippen molar-refractivity contribution in [3.63, 3.8) is 0 Å². The highest BCUT2D eigenvalue weighted by Crippen LogP contribution is 2.26. The van der Waals surface area contributed by atoms with Gasteiger partial charge in [-0.05, 0) is 30.9 Å². The molecule has 118 valence electrons.